The zero-order valence-electron chi connectivity index (χ0n) is 9.84. The summed E-state index contributed by atoms with van der Waals surface area (Å²) in [7, 11) is 0. The van der Waals surface area contributed by atoms with Crippen LogP contribution in [0.15, 0.2) is 24.3 Å². The number of hydrogen-bond donors (Lipinski definition) is 0. The minimum absolute atomic E-state index is 0.218. The summed E-state index contributed by atoms with van der Waals surface area (Å²) in [6.45, 7) is 3.19. The highest BCUT2D eigenvalue weighted by molar-refractivity contribution is 6.30. The van der Waals surface area contributed by atoms with Gasteiger partial charge in [-0.2, -0.15) is 0 Å². The van der Waals surface area contributed by atoms with Gasteiger partial charge in [-0.25, -0.2) is 0 Å². The first-order valence-electron chi connectivity index (χ1n) is 6.12. The molecule has 0 N–H and O–H groups in total. The monoisotopic (exact) mass is 238 g/mol. The van der Waals surface area contributed by atoms with E-state index in [1.807, 2.05) is 12.1 Å². The zero-order valence-corrected chi connectivity index (χ0v) is 10.6. The summed E-state index contributed by atoms with van der Waals surface area (Å²) < 4.78 is 5.62. The van der Waals surface area contributed by atoms with Crippen molar-refractivity contribution in [2.75, 3.05) is 6.61 Å². The van der Waals surface area contributed by atoms with Crippen molar-refractivity contribution >= 4 is 11.6 Å². The highest BCUT2D eigenvalue weighted by Crippen LogP contribution is 2.37. The van der Waals surface area contributed by atoms with Gasteiger partial charge in [0.05, 0.1) is 12.2 Å². The second kappa shape index (κ2) is 5.20. The molecule has 1 aromatic carbocycles. The molecule has 0 saturated carbocycles. The molecule has 0 aliphatic carbocycles. The number of rotatable bonds is 6. The van der Waals surface area contributed by atoms with Crippen LogP contribution in [0.1, 0.15) is 38.2 Å². The first kappa shape index (κ1) is 11.9. The van der Waals surface area contributed by atoms with E-state index in [-0.39, 0.29) is 5.60 Å². The minimum atomic E-state index is 0.218. The molecule has 0 spiro atoms. The predicted octanol–water partition coefficient (Wildman–Crippen LogP) is 4.23. The van der Waals surface area contributed by atoms with Gasteiger partial charge in [0.25, 0.3) is 0 Å². The fraction of sp³-hybridized carbons (Fsp3) is 0.571. The van der Waals surface area contributed by atoms with Crippen LogP contribution < -0.4 is 0 Å². The van der Waals surface area contributed by atoms with Crippen LogP contribution in [0.25, 0.3) is 0 Å². The SMILES string of the molecule is CCCCC1(CCc2ccc(Cl)cc2)CO1. The van der Waals surface area contributed by atoms with Gasteiger partial charge in [-0.3, -0.25) is 0 Å². The van der Waals surface area contributed by atoms with E-state index >= 15 is 0 Å². The van der Waals surface area contributed by atoms with Gasteiger partial charge < -0.3 is 4.74 Å². The Labute approximate surface area is 103 Å². The molecule has 1 fully saturated rings. The van der Waals surface area contributed by atoms with E-state index in [1.54, 1.807) is 0 Å². The molecule has 0 bridgehead atoms. The van der Waals surface area contributed by atoms with Crippen molar-refractivity contribution in [3.63, 3.8) is 0 Å². The van der Waals surface area contributed by atoms with Crippen molar-refractivity contribution in [2.45, 2.75) is 44.6 Å². The molecule has 88 valence electrons. The molecule has 1 unspecified atom stereocenters. The molecule has 0 amide bonds. The van der Waals surface area contributed by atoms with Crippen molar-refractivity contribution in [1.29, 1.82) is 0 Å². The average Bonchev–Trinajstić information content (AvgIpc) is 3.07. The molecule has 1 nitrogen and oxygen atoms in total. The largest absolute Gasteiger partial charge is 0.370 e. The molecule has 1 aliphatic heterocycles. The maximum Gasteiger partial charge on any atom is 0.0919 e. The van der Waals surface area contributed by atoms with E-state index in [4.69, 9.17) is 16.3 Å². The lowest BCUT2D eigenvalue weighted by Gasteiger charge is -2.10. The van der Waals surface area contributed by atoms with Crippen molar-refractivity contribution in [2.24, 2.45) is 0 Å². The third-order valence-corrected chi connectivity index (χ3v) is 3.57. The number of benzene rings is 1. The van der Waals surface area contributed by atoms with Gasteiger partial charge in [0.15, 0.2) is 0 Å². The molecule has 1 heterocycles. The van der Waals surface area contributed by atoms with E-state index in [0.717, 1.165) is 24.5 Å². The van der Waals surface area contributed by atoms with Crippen molar-refractivity contribution in [1.82, 2.24) is 0 Å². The highest BCUT2D eigenvalue weighted by atomic mass is 35.5. The summed E-state index contributed by atoms with van der Waals surface area (Å²) in [5.41, 5.74) is 1.58. The predicted molar refractivity (Wildman–Crippen MR) is 68.0 cm³/mol. The highest BCUT2D eigenvalue weighted by Gasteiger charge is 2.42. The van der Waals surface area contributed by atoms with Gasteiger partial charge >= 0.3 is 0 Å². The second-order valence-electron chi connectivity index (χ2n) is 4.70. The van der Waals surface area contributed by atoms with Crippen molar-refractivity contribution in [3.05, 3.63) is 34.9 Å². The van der Waals surface area contributed by atoms with Crippen LogP contribution in [0, 0.1) is 0 Å². The van der Waals surface area contributed by atoms with Crippen molar-refractivity contribution < 1.29 is 4.74 Å². The third-order valence-electron chi connectivity index (χ3n) is 3.32. The summed E-state index contributed by atoms with van der Waals surface area (Å²) in [4.78, 5) is 0. The Morgan fingerprint density at radius 1 is 1.25 bits per heavy atom. The molecule has 2 rings (SSSR count). The maximum absolute atomic E-state index is 5.86. The van der Waals surface area contributed by atoms with Crippen LogP contribution in [0.2, 0.25) is 5.02 Å². The molecular weight excluding hydrogens is 220 g/mol. The Balaban J connectivity index is 1.81. The van der Waals surface area contributed by atoms with Crippen LogP contribution >= 0.6 is 11.6 Å². The third kappa shape index (κ3) is 3.23. The van der Waals surface area contributed by atoms with E-state index < -0.39 is 0 Å². The van der Waals surface area contributed by atoms with Crippen LogP contribution in [0.3, 0.4) is 0 Å². The smallest absolute Gasteiger partial charge is 0.0919 e. The number of epoxide rings is 1. The lowest BCUT2D eigenvalue weighted by atomic mass is 9.95. The summed E-state index contributed by atoms with van der Waals surface area (Å²) in [5.74, 6) is 0. The second-order valence-corrected chi connectivity index (χ2v) is 5.14. The number of hydrogen-bond acceptors (Lipinski definition) is 1. The summed E-state index contributed by atoms with van der Waals surface area (Å²) in [5, 5.41) is 0.812. The normalized spacial score (nSPS) is 23.4. The Bertz CT molecular complexity index is 327. The summed E-state index contributed by atoms with van der Waals surface area (Å²) in [6.07, 6.45) is 6.00. The average molecular weight is 239 g/mol. The molecule has 1 atom stereocenters. The Kier molecular flexibility index (Phi) is 3.88. The maximum atomic E-state index is 5.86. The van der Waals surface area contributed by atoms with Crippen LogP contribution in [0.5, 0.6) is 0 Å². The first-order chi connectivity index (χ1) is 7.74. The van der Waals surface area contributed by atoms with E-state index in [0.29, 0.717) is 0 Å². The molecular formula is C14H19ClO. The molecule has 1 saturated heterocycles. The Morgan fingerprint density at radius 3 is 2.50 bits per heavy atom. The molecule has 2 heteroatoms. The number of unbranched alkanes of at least 4 members (excludes halogenated alkanes) is 1. The number of halogens is 1. The van der Waals surface area contributed by atoms with Crippen LogP contribution in [0.4, 0.5) is 0 Å². The van der Waals surface area contributed by atoms with Crippen molar-refractivity contribution in [3.8, 4) is 0 Å². The van der Waals surface area contributed by atoms with Gasteiger partial charge in [0.1, 0.15) is 0 Å². The standard InChI is InChI=1S/C14H19ClO/c1-2-3-9-14(11-16-14)10-8-12-4-6-13(15)7-5-12/h4-7H,2-3,8-11H2,1H3. The van der Waals surface area contributed by atoms with Crippen LogP contribution in [-0.2, 0) is 11.2 Å². The van der Waals surface area contributed by atoms with E-state index in [9.17, 15) is 0 Å². The lowest BCUT2D eigenvalue weighted by molar-refractivity contribution is 0.269. The van der Waals surface area contributed by atoms with E-state index in [1.165, 1.54) is 24.8 Å². The Morgan fingerprint density at radius 2 is 1.94 bits per heavy atom. The Hall–Kier alpha value is -0.530. The molecule has 1 aromatic rings. The number of aryl methyl sites for hydroxylation is 1. The summed E-state index contributed by atoms with van der Waals surface area (Å²) >= 11 is 5.86. The van der Waals surface area contributed by atoms with Gasteiger partial charge in [-0.05, 0) is 37.0 Å². The fourth-order valence-electron chi connectivity index (χ4n) is 2.04. The zero-order chi connectivity index (χ0) is 11.4. The van der Waals surface area contributed by atoms with Gasteiger partial charge in [-0.15, -0.1) is 0 Å². The minimum Gasteiger partial charge on any atom is -0.370 e. The molecule has 0 aromatic heterocycles. The lowest BCUT2D eigenvalue weighted by Crippen LogP contribution is -2.12. The van der Waals surface area contributed by atoms with Gasteiger partial charge in [0.2, 0.25) is 0 Å². The topological polar surface area (TPSA) is 12.5 Å². The fourth-order valence-corrected chi connectivity index (χ4v) is 2.16. The van der Waals surface area contributed by atoms with Crippen LogP contribution in [-0.4, -0.2) is 12.2 Å². The van der Waals surface area contributed by atoms with Gasteiger partial charge in [0, 0.05) is 5.02 Å². The first-order valence-corrected chi connectivity index (χ1v) is 6.50. The van der Waals surface area contributed by atoms with Gasteiger partial charge in [-0.1, -0.05) is 43.5 Å². The molecule has 0 radical (unpaired) electrons. The molecule has 16 heavy (non-hydrogen) atoms. The quantitative estimate of drug-likeness (QED) is 0.676. The molecule has 1 aliphatic rings. The summed E-state index contributed by atoms with van der Waals surface area (Å²) in [6, 6.07) is 8.14. The van der Waals surface area contributed by atoms with E-state index in [2.05, 4.69) is 19.1 Å². The number of ether oxygens (including phenoxy) is 1.